The van der Waals surface area contributed by atoms with E-state index >= 15 is 0 Å². The van der Waals surface area contributed by atoms with Gasteiger partial charge < -0.3 is 10.1 Å². The first-order chi connectivity index (χ1) is 15.4. The van der Waals surface area contributed by atoms with E-state index in [1.807, 2.05) is 36.4 Å². The molecule has 1 aliphatic heterocycles. The number of non-ortho nitro benzene ring substituents is 1. The van der Waals surface area contributed by atoms with Crippen molar-refractivity contribution in [2.75, 3.05) is 0 Å². The van der Waals surface area contributed by atoms with Crippen molar-refractivity contribution in [3.63, 3.8) is 0 Å². The van der Waals surface area contributed by atoms with E-state index in [0.29, 0.717) is 17.9 Å². The highest BCUT2D eigenvalue weighted by molar-refractivity contribution is 6.07. The Kier molecular flexibility index (Phi) is 5.59. The summed E-state index contributed by atoms with van der Waals surface area (Å²) in [5, 5.41) is 13.8. The largest absolute Gasteiger partial charge is 0.489 e. The molecule has 1 atom stereocenters. The molecule has 1 heterocycles. The monoisotopic (exact) mass is 431 g/mol. The Labute approximate surface area is 184 Å². The molecule has 8 heteroatoms. The van der Waals surface area contributed by atoms with Crippen LogP contribution in [0, 0.1) is 10.1 Å². The predicted molar refractivity (Wildman–Crippen MR) is 117 cm³/mol. The molecule has 3 amide bonds. The minimum Gasteiger partial charge on any atom is -0.489 e. The van der Waals surface area contributed by atoms with Crippen molar-refractivity contribution < 1.29 is 19.2 Å². The Morgan fingerprint density at radius 3 is 2.44 bits per heavy atom. The van der Waals surface area contributed by atoms with Crippen LogP contribution in [0.4, 0.5) is 10.5 Å². The van der Waals surface area contributed by atoms with E-state index in [9.17, 15) is 19.7 Å². The van der Waals surface area contributed by atoms with Gasteiger partial charge in [-0.1, -0.05) is 54.6 Å². The summed E-state index contributed by atoms with van der Waals surface area (Å²) in [4.78, 5) is 37.5. The first-order valence-corrected chi connectivity index (χ1v) is 10.0. The Bertz CT molecular complexity index is 1180. The van der Waals surface area contributed by atoms with Gasteiger partial charge in [0.1, 0.15) is 17.9 Å². The third-order valence-corrected chi connectivity index (χ3v) is 5.40. The number of urea groups is 1. The molecule has 1 fully saturated rings. The van der Waals surface area contributed by atoms with Crippen LogP contribution in [0.5, 0.6) is 5.75 Å². The van der Waals surface area contributed by atoms with Crippen LogP contribution in [-0.4, -0.2) is 21.8 Å². The van der Waals surface area contributed by atoms with Gasteiger partial charge in [-0.25, -0.2) is 4.79 Å². The number of hydrogen-bond acceptors (Lipinski definition) is 5. The molecule has 0 aromatic heterocycles. The molecule has 0 radical (unpaired) electrons. The van der Waals surface area contributed by atoms with E-state index in [1.165, 1.54) is 18.2 Å². The fourth-order valence-electron chi connectivity index (χ4n) is 3.62. The summed E-state index contributed by atoms with van der Waals surface area (Å²) >= 11 is 0. The van der Waals surface area contributed by atoms with Crippen molar-refractivity contribution in [2.45, 2.75) is 25.6 Å². The average molecular weight is 431 g/mol. The van der Waals surface area contributed by atoms with Gasteiger partial charge in [0.25, 0.3) is 11.6 Å². The molecule has 0 aliphatic carbocycles. The normalized spacial score (nSPS) is 17.8. The van der Waals surface area contributed by atoms with Crippen LogP contribution in [0.1, 0.15) is 23.6 Å². The van der Waals surface area contributed by atoms with Gasteiger partial charge in [-0.15, -0.1) is 0 Å². The second-order valence-corrected chi connectivity index (χ2v) is 7.68. The summed E-state index contributed by atoms with van der Waals surface area (Å²) in [7, 11) is 0. The van der Waals surface area contributed by atoms with Gasteiger partial charge in [-0.3, -0.25) is 19.8 Å². The third kappa shape index (κ3) is 4.15. The van der Waals surface area contributed by atoms with Crippen LogP contribution in [0.3, 0.4) is 0 Å². The zero-order chi connectivity index (χ0) is 22.7. The van der Waals surface area contributed by atoms with Gasteiger partial charge in [0.2, 0.25) is 0 Å². The molecule has 4 rings (SSSR count). The number of nitrogens with zero attached hydrogens (tertiary/aromatic N) is 2. The van der Waals surface area contributed by atoms with Crippen LogP contribution >= 0.6 is 0 Å². The lowest BCUT2D eigenvalue weighted by molar-refractivity contribution is -0.385. The molecule has 1 unspecified atom stereocenters. The summed E-state index contributed by atoms with van der Waals surface area (Å²) in [6.07, 6.45) is 0. The van der Waals surface area contributed by atoms with Crippen molar-refractivity contribution in [1.29, 1.82) is 0 Å². The lowest BCUT2D eigenvalue weighted by Gasteiger charge is -2.22. The van der Waals surface area contributed by atoms with Crippen molar-refractivity contribution >= 4 is 17.6 Å². The average Bonchev–Trinajstić information content (AvgIpc) is 3.02. The smallest absolute Gasteiger partial charge is 0.325 e. The highest BCUT2D eigenvalue weighted by Crippen LogP contribution is 2.32. The zero-order valence-electron chi connectivity index (χ0n) is 17.4. The van der Waals surface area contributed by atoms with Crippen LogP contribution in [-0.2, 0) is 23.5 Å². The van der Waals surface area contributed by atoms with E-state index in [1.54, 1.807) is 31.2 Å². The molecule has 8 nitrogen and oxygen atoms in total. The Hall–Kier alpha value is -4.20. The molecular weight excluding hydrogens is 410 g/mol. The standard InChI is InChI=1S/C24H21N3O5/c1-24(19-10-6-11-20(14-19)27(30)31)22(28)26(23(29)25-24)15-18-9-5-12-21(13-18)32-16-17-7-3-2-4-8-17/h2-14H,15-16H2,1H3,(H,25,29). The van der Waals surface area contributed by atoms with Gasteiger partial charge in [0.05, 0.1) is 11.5 Å². The molecule has 3 aromatic carbocycles. The van der Waals surface area contributed by atoms with E-state index in [-0.39, 0.29) is 12.2 Å². The first kappa shape index (κ1) is 21.0. The number of nitro benzene ring substituents is 1. The maximum Gasteiger partial charge on any atom is 0.325 e. The molecule has 1 saturated heterocycles. The number of carbonyl (C=O) groups excluding carboxylic acids is 2. The number of rotatable bonds is 7. The Morgan fingerprint density at radius 2 is 1.69 bits per heavy atom. The fourth-order valence-corrected chi connectivity index (χ4v) is 3.62. The molecule has 0 bridgehead atoms. The molecule has 162 valence electrons. The van der Waals surface area contributed by atoms with Crippen molar-refractivity contribution in [1.82, 2.24) is 10.2 Å². The van der Waals surface area contributed by atoms with Gasteiger partial charge in [-0.2, -0.15) is 0 Å². The van der Waals surface area contributed by atoms with Crippen molar-refractivity contribution in [3.8, 4) is 5.75 Å². The highest BCUT2D eigenvalue weighted by atomic mass is 16.6. The van der Waals surface area contributed by atoms with E-state index in [2.05, 4.69) is 5.32 Å². The van der Waals surface area contributed by atoms with Gasteiger partial charge in [0, 0.05) is 12.1 Å². The maximum absolute atomic E-state index is 13.2. The number of hydrogen-bond donors (Lipinski definition) is 1. The second-order valence-electron chi connectivity index (χ2n) is 7.68. The molecule has 3 aromatic rings. The maximum atomic E-state index is 13.2. The number of amides is 3. The SMILES string of the molecule is CC1(c2cccc([N+](=O)[O-])c2)NC(=O)N(Cc2cccc(OCc3ccccc3)c2)C1=O. The molecule has 0 saturated carbocycles. The number of benzene rings is 3. The lowest BCUT2D eigenvalue weighted by Crippen LogP contribution is -2.40. The minimum atomic E-state index is -1.38. The van der Waals surface area contributed by atoms with Crippen molar-refractivity contribution in [3.05, 3.63) is 106 Å². The fraction of sp³-hybridized carbons (Fsp3) is 0.167. The highest BCUT2D eigenvalue weighted by Gasteiger charge is 2.49. The number of imide groups is 1. The third-order valence-electron chi connectivity index (χ3n) is 5.40. The topological polar surface area (TPSA) is 102 Å². The summed E-state index contributed by atoms with van der Waals surface area (Å²) in [5.41, 5.74) is 0.576. The molecule has 1 N–H and O–H groups in total. The number of carbonyl (C=O) groups is 2. The molecule has 1 aliphatic rings. The van der Waals surface area contributed by atoms with E-state index in [0.717, 1.165) is 16.0 Å². The Balaban J connectivity index is 1.50. The van der Waals surface area contributed by atoms with Crippen LogP contribution in [0.15, 0.2) is 78.9 Å². The number of nitrogens with one attached hydrogen (secondary N) is 1. The number of ether oxygens (including phenoxy) is 1. The predicted octanol–water partition coefficient (Wildman–Crippen LogP) is 4.14. The molecule has 32 heavy (non-hydrogen) atoms. The molecular formula is C24H21N3O5. The summed E-state index contributed by atoms with van der Waals surface area (Å²) in [5.74, 6) is 0.151. The van der Waals surface area contributed by atoms with Crippen LogP contribution in [0.2, 0.25) is 0 Å². The van der Waals surface area contributed by atoms with Crippen molar-refractivity contribution in [2.24, 2.45) is 0 Å². The quantitative estimate of drug-likeness (QED) is 0.344. The van der Waals surface area contributed by atoms with E-state index < -0.39 is 22.4 Å². The molecule has 0 spiro atoms. The second kappa shape index (κ2) is 8.50. The summed E-state index contributed by atoms with van der Waals surface area (Å²) in [6.45, 7) is 2.00. The lowest BCUT2D eigenvalue weighted by atomic mass is 9.91. The first-order valence-electron chi connectivity index (χ1n) is 10.0. The van der Waals surface area contributed by atoms with Crippen LogP contribution in [0.25, 0.3) is 0 Å². The Morgan fingerprint density at radius 1 is 0.969 bits per heavy atom. The van der Waals surface area contributed by atoms with Gasteiger partial charge >= 0.3 is 6.03 Å². The van der Waals surface area contributed by atoms with Gasteiger partial charge in [0.15, 0.2) is 0 Å². The van der Waals surface area contributed by atoms with Crippen LogP contribution < -0.4 is 10.1 Å². The summed E-state index contributed by atoms with van der Waals surface area (Å²) < 4.78 is 5.83. The minimum absolute atomic E-state index is 0.0533. The van der Waals surface area contributed by atoms with E-state index in [4.69, 9.17) is 4.74 Å². The van der Waals surface area contributed by atoms with Gasteiger partial charge in [-0.05, 0) is 35.7 Å². The number of nitro groups is 1. The zero-order valence-corrected chi connectivity index (χ0v) is 17.4. The summed E-state index contributed by atoms with van der Waals surface area (Å²) in [6, 6.07) is 22.1.